The molecule has 0 bridgehead atoms. The molecule has 3 heterocycles. The van der Waals surface area contributed by atoms with Crippen molar-refractivity contribution in [2.45, 2.75) is 46.5 Å². The molecule has 0 saturated carbocycles. The smallest absolute Gasteiger partial charge is 0.252 e. The van der Waals surface area contributed by atoms with Gasteiger partial charge in [0.2, 0.25) is 5.91 Å². The number of hydrogen-bond donors (Lipinski definition) is 0. The van der Waals surface area contributed by atoms with Crippen LogP contribution in [0, 0.1) is 19.8 Å². The maximum atomic E-state index is 12.6. The van der Waals surface area contributed by atoms with Crippen molar-refractivity contribution >= 4 is 11.7 Å². The highest BCUT2D eigenvalue weighted by atomic mass is 16.2. The topological polar surface area (TPSA) is 63.4 Å². The molecule has 0 N–H and O–H groups in total. The van der Waals surface area contributed by atoms with Crippen LogP contribution in [0.2, 0.25) is 0 Å². The molecule has 28 heavy (non-hydrogen) atoms. The molecule has 146 valence electrons. The minimum absolute atomic E-state index is 0.113. The van der Waals surface area contributed by atoms with Gasteiger partial charge >= 0.3 is 0 Å². The van der Waals surface area contributed by atoms with Gasteiger partial charge in [0.25, 0.3) is 5.78 Å². The Balaban J connectivity index is 1.57. The number of nitrogens with zero attached hydrogens (tertiary/aromatic N) is 5. The zero-order chi connectivity index (χ0) is 19.7. The highest BCUT2D eigenvalue weighted by Crippen LogP contribution is 2.19. The molecule has 1 aromatic carbocycles. The van der Waals surface area contributed by atoms with Crippen LogP contribution in [-0.4, -0.2) is 43.5 Å². The van der Waals surface area contributed by atoms with Crippen LogP contribution in [0.4, 0.5) is 0 Å². The summed E-state index contributed by atoms with van der Waals surface area (Å²) in [5, 5.41) is 4.60. The van der Waals surface area contributed by atoms with Gasteiger partial charge in [0.1, 0.15) is 0 Å². The summed E-state index contributed by atoms with van der Waals surface area (Å²) in [7, 11) is 0. The van der Waals surface area contributed by atoms with Crippen LogP contribution in [0.1, 0.15) is 48.1 Å². The first-order valence-corrected chi connectivity index (χ1v) is 10.0. The van der Waals surface area contributed by atoms with Crippen molar-refractivity contribution in [3.8, 4) is 0 Å². The molecule has 0 aliphatic carbocycles. The Bertz CT molecular complexity index is 987. The third-order valence-corrected chi connectivity index (χ3v) is 5.76. The lowest BCUT2D eigenvalue weighted by atomic mass is 9.99. The molecule has 0 unspecified atom stereocenters. The van der Waals surface area contributed by atoms with Gasteiger partial charge in [0.05, 0.1) is 6.42 Å². The minimum atomic E-state index is 0.113. The molecule has 2 aromatic heterocycles. The molecular formula is C22H27N5O. The quantitative estimate of drug-likeness (QED) is 0.701. The van der Waals surface area contributed by atoms with Crippen LogP contribution in [0.25, 0.3) is 5.78 Å². The molecule has 1 saturated heterocycles. The molecule has 1 amide bonds. The fraction of sp³-hybridized carbons (Fsp3) is 0.455. The Morgan fingerprint density at radius 2 is 1.82 bits per heavy atom. The fourth-order valence-corrected chi connectivity index (χ4v) is 3.89. The van der Waals surface area contributed by atoms with Gasteiger partial charge in [-0.1, -0.05) is 37.3 Å². The van der Waals surface area contributed by atoms with Crippen LogP contribution in [-0.2, 0) is 17.6 Å². The SMILES string of the molecule is Cc1nc2nc(CC(=O)N3CCC(C)CC3)nn2c(C)c1Cc1ccccc1. The monoisotopic (exact) mass is 377 g/mol. The fourth-order valence-electron chi connectivity index (χ4n) is 3.89. The number of amides is 1. The molecule has 3 aromatic rings. The van der Waals surface area contributed by atoms with Crippen molar-refractivity contribution < 1.29 is 4.79 Å². The van der Waals surface area contributed by atoms with Crippen molar-refractivity contribution in [2.24, 2.45) is 5.92 Å². The minimum Gasteiger partial charge on any atom is -0.342 e. The Morgan fingerprint density at radius 1 is 1.11 bits per heavy atom. The summed E-state index contributed by atoms with van der Waals surface area (Å²) in [6.07, 6.45) is 3.20. The van der Waals surface area contributed by atoms with Gasteiger partial charge in [-0.15, -0.1) is 5.10 Å². The number of benzene rings is 1. The van der Waals surface area contributed by atoms with Gasteiger partial charge in [-0.3, -0.25) is 4.79 Å². The van der Waals surface area contributed by atoms with Crippen LogP contribution in [0.15, 0.2) is 30.3 Å². The summed E-state index contributed by atoms with van der Waals surface area (Å²) in [5.41, 5.74) is 4.39. The second-order valence-electron chi connectivity index (χ2n) is 7.90. The number of rotatable bonds is 4. The van der Waals surface area contributed by atoms with E-state index in [-0.39, 0.29) is 12.3 Å². The molecule has 0 radical (unpaired) electrons. The average molecular weight is 377 g/mol. The molecule has 6 heteroatoms. The summed E-state index contributed by atoms with van der Waals surface area (Å²) in [5.74, 6) is 1.94. The third kappa shape index (κ3) is 3.77. The van der Waals surface area contributed by atoms with Crippen molar-refractivity contribution in [3.05, 3.63) is 58.7 Å². The number of piperidine rings is 1. The van der Waals surface area contributed by atoms with E-state index in [9.17, 15) is 4.79 Å². The van der Waals surface area contributed by atoms with Crippen molar-refractivity contribution in [1.29, 1.82) is 0 Å². The van der Waals surface area contributed by atoms with Crippen molar-refractivity contribution in [1.82, 2.24) is 24.5 Å². The predicted octanol–water partition coefficient (Wildman–Crippen LogP) is 3.13. The number of aromatic nitrogens is 4. The van der Waals surface area contributed by atoms with Gasteiger partial charge in [0, 0.05) is 30.9 Å². The number of likely N-dealkylation sites (tertiary alicyclic amines) is 1. The van der Waals surface area contributed by atoms with E-state index >= 15 is 0 Å². The summed E-state index contributed by atoms with van der Waals surface area (Å²) in [6.45, 7) is 7.98. The molecule has 1 aliphatic heterocycles. The first-order valence-electron chi connectivity index (χ1n) is 10.0. The highest BCUT2D eigenvalue weighted by molar-refractivity contribution is 5.78. The Kier molecular flexibility index (Phi) is 5.11. The maximum absolute atomic E-state index is 12.6. The number of fused-ring (bicyclic) bond motifs is 1. The van der Waals surface area contributed by atoms with Crippen LogP contribution in [0.3, 0.4) is 0 Å². The van der Waals surface area contributed by atoms with Gasteiger partial charge < -0.3 is 4.90 Å². The Labute approximate surface area is 165 Å². The second kappa shape index (κ2) is 7.70. The lowest BCUT2D eigenvalue weighted by molar-refractivity contribution is -0.131. The maximum Gasteiger partial charge on any atom is 0.252 e. The van der Waals surface area contributed by atoms with E-state index in [1.165, 1.54) is 5.56 Å². The summed E-state index contributed by atoms with van der Waals surface area (Å²) in [6, 6.07) is 10.4. The lowest BCUT2D eigenvalue weighted by Gasteiger charge is -2.30. The largest absolute Gasteiger partial charge is 0.342 e. The van der Waals surface area contributed by atoms with E-state index < -0.39 is 0 Å². The third-order valence-electron chi connectivity index (χ3n) is 5.76. The predicted molar refractivity (Wildman–Crippen MR) is 108 cm³/mol. The Hall–Kier alpha value is -2.76. The second-order valence-corrected chi connectivity index (χ2v) is 7.90. The van der Waals surface area contributed by atoms with Gasteiger partial charge in [-0.05, 0) is 43.7 Å². The van der Waals surface area contributed by atoms with E-state index in [4.69, 9.17) is 0 Å². The van der Waals surface area contributed by atoms with Crippen molar-refractivity contribution in [2.75, 3.05) is 13.1 Å². The van der Waals surface area contributed by atoms with E-state index in [0.29, 0.717) is 17.5 Å². The highest BCUT2D eigenvalue weighted by Gasteiger charge is 2.22. The van der Waals surface area contributed by atoms with Gasteiger partial charge in [-0.2, -0.15) is 4.98 Å². The Morgan fingerprint density at radius 3 is 2.54 bits per heavy atom. The number of hydrogen-bond acceptors (Lipinski definition) is 4. The molecule has 1 aliphatic rings. The molecule has 4 rings (SSSR count). The summed E-state index contributed by atoms with van der Waals surface area (Å²) >= 11 is 0. The normalized spacial score (nSPS) is 15.3. The summed E-state index contributed by atoms with van der Waals surface area (Å²) < 4.78 is 1.78. The van der Waals surface area contributed by atoms with E-state index in [1.54, 1.807) is 4.52 Å². The van der Waals surface area contributed by atoms with E-state index in [1.807, 2.05) is 36.9 Å². The van der Waals surface area contributed by atoms with Crippen molar-refractivity contribution in [3.63, 3.8) is 0 Å². The molecule has 0 atom stereocenters. The first-order chi connectivity index (χ1) is 13.5. The van der Waals surface area contributed by atoms with E-state index in [2.05, 4.69) is 34.1 Å². The van der Waals surface area contributed by atoms with Gasteiger partial charge in [-0.25, -0.2) is 9.50 Å². The number of carbonyl (C=O) groups is 1. The summed E-state index contributed by atoms with van der Waals surface area (Å²) in [4.78, 5) is 23.7. The first kappa shape index (κ1) is 18.6. The zero-order valence-corrected chi connectivity index (χ0v) is 16.9. The standard InChI is InChI=1S/C22H27N5O/c1-15-9-11-26(12-10-15)21(28)14-20-24-22-23-16(2)19(17(3)27(22)25-20)13-18-7-5-4-6-8-18/h4-8,15H,9-14H2,1-3H3. The number of carbonyl (C=O) groups excluding carboxylic acids is 1. The van der Waals surface area contributed by atoms with Crippen LogP contribution >= 0.6 is 0 Å². The van der Waals surface area contributed by atoms with Gasteiger partial charge in [0.15, 0.2) is 5.82 Å². The van der Waals surface area contributed by atoms with Crippen LogP contribution in [0.5, 0.6) is 0 Å². The number of aryl methyl sites for hydroxylation is 2. The van der Waals surface area contributed by atoms with Crippen LogP contribution < -0.4 is 0 Å². The van der Waals surface area contributed by atoms with E-state index in [0.717, 1.165) is 49.3 Å². The molecule has 1 fully saturated rings. The molecule has 6 nitrogen and oxygen atoms in total. The molecular weight excluding hydrogens is 350 g/mol. The zero-order valence-electron chi connectivity index (χ0n) is 16.9. The molecule has 0 spiro atoms. The average Bonchev–Trinajstić information content (AvgIpc) is 3.09. The lowest BCUT2D eigenvalue weighted by Crippen LogP contribution is -2.38.